The van der Waals surface area contributed by atoms with Crippen LogP contribution in [0, 0.1) is 0 Å². The van der Waals surface area contributed by atoms with Crippen molar-refractivity contribution in [2.24, 2.45) is 5.73 Å². The van der Waals surface area contributed by atoms with Gasteiger partial charge in [-0.1, -0.05) is 6.07 Å². The minimum atomic E-state index is 0. The normalized spacial score (nSPS) is 11.8. The Bertz CT molecular complexity index is 218. The monoisotopic (exact) mass is 202 g/mol. The van der Waals surface area contributed by atoms with Crippen LogP contribution in [0.5, 0.6) is 0 Å². The van der Waals surface area contributed by atoms with Crippen LogP contribution < -0.4 is 5.73 Å². The number of hydrogen-bond acceptors (Lipinski definition) is 3. The summed E-state index contributed by atoms with van der Waals surface area (Å²) in [5.41, 5.74) is 6.70. The van der Waals surface area contributed by atoms with E-state index in [1.807, 2.05) is 18.2 Å². The Morgan fingerprint density at radius 1 is 1.46 bits per heavy atom. The molecule has 0 saturated carbocycles. The molecule has 4 heteroatoms. The van der Waals surface area contributed by atoms with Gasteiger partial charge >= 0.3 is 0 Å². The maximum absolute atomic E-state index is 8.61. The van der Waals surface area contributed by atoms with Crippen molar-refractivity contribution < 1.29 is 5.11 Å². The lowest BCUT2D eigenvalue weighted by Gasteiger charge is -2.07. The average molecular weight is 203 g/mol. The van der Waals surface area contributed by atoms with Crippen molar-refractivity contribution in [1.29, 1.82) is 0 Å². The van der Waals surface area contributed by atoms with E-state index in [4.69, 9.17) is 10.8 Å². The molecule has 0 radical (unpaired) electrons. The highest BCUT2D eigenvalue weighted by Crippen LogP contribution is 1.99. The molecule has 13 heavy (non-hydrogen) atoms. The predicted molar refractivity (Wildman–Crippen MR) is 54.9 cm³/mol. The number of nitrogens with two attached hydrogens (primary N) is 1. The van der Waals surface area contributed by atoms with Crippen LogP contribution in [0.3, 0.4) is 0 Å². The first kappa shape index (κ1) is 12.4. The summed E-state index contributed by atoms with van der Waals surface area (Å²) in [5, 5.41) is 8.61. The second-order valence-corrected chi connectivity index (χ2v) is 2.80. The van der Waals surface area contributed by atoms with Gasteiger partial charge in [-0.3, -0.25) is 4.98 Å². The number of aliphatic hydroxyl groups excluding tert-OH is 1. The standard InChI is InChI=1S/C9H14N2O.ClH/c10-8(4-6-12)7-9-3-1-2-5-11-9;/h1-3,5,8,12H,4,6-7,10H2;1H/t8-;/m0./s1. The molecular weight excluding hydrogens is 188 g/mol. The fraction of sp³-hybridized carbons (Fsp3) is 0.444. The molecule has 0 bridgehead atoms. The highest BCUT2D eigenvalue weighted by Gasteiger charge is 2.02. The predicted octanol–water partition coefficient (Wildman–Crippen LogP) is 0.756. The molecule has 0 aliphatic rings. The van der Waals surface area contributed by atoms with Gasteiger partial charge in [0.15, 0.2) is 0 Å². The van der Waals surface area contributed by atoms with Crippen molar-refractivity contribution in [3.63, 3.8) is 0 Å². The van der Waals surface area contributed by atoms with Gasteiger partial charge in [0.1, 0.15) is 0 Å². The number of pyridine rings is 1. The summed E-state index contributed by atoms with van der Waals surface area (Å²) < 4.78 is 0. The van der Waals surface area contributed by atoms with E-state index in [-0.39, 0.29) is 25.1 Å². The fourth-order valence-corrected chi connectivity index (χ4v) is 1.06. The van der Waals surface area contributed by atoms with Crippen LogP contribution >= 0.6 is 12.4 Å². The first-order valence-electron chi connectivity index (χ1n) is 4.09. The molecule has 0 aliphatic heterocycles. The van der Waals surface area contributed by atoms with Crippen LogP contribution in [-0.4, -0.2) is 22.7 Å². The van der Waals surface area contributed by atoms with Crippen LogP contribution in [0.1, 0.15) is 12.1 Å². The third-order valence-corrected chi connectivity index (χ3v) is 1.70. The molecule has 3 N–H and O–H groups in total. The van der Waals surface area contributed by atoms with E-state index >= 15 is 0 Å². The number of halogens is 1. The Balaban J connectivity index is 0.00000144. The maximum atomic E-state index is 8.61. The van der Waals surface area contributed by atoms with Crippen molar-refractivity contribution in [3.8, 4) is 0 Å². The zero-order chi connectivity index (χ0) is 8.81. The van der Waals surface area contributed by atoms with Crippen molar-refractivity contribution >= 4 is 12.4 Å². The van der Waals surface area contributed by atoms with Gasteiger partial charge in [-0.25, -0.2) is 0 Å². The molecule has 0 unspecified atom stereocenters. The zero-order valence-corrected chi connectivity index (χ0v) is 8.20. The molecule has 0 aliphatic carbocycles. The van der Waals surface area contributed by atoms with Crippen LogP contribution in [0.4, 0.5) is 0 Å². The first-order chi connectivity index (χ1) is 5.83. The fourth-order valence-electron chi connectivity index (χ4n) is 1.06. The Morgan fingerprint density at radius 2 is 2.23 bits per heavy atom. The summed E-state index contributed by atoms with van der Waals surface area (Å²) in [7, 11) is 0. The minimum absolute atomic E-state index is 0. The lowest BCUT2D eigenvalue weighted by molar-refractivity contribution is 0.275. The second kappa shape index (κ2) is 6.83. The van der Waals surface area contributed by atoms with Crippen molar-refractivity contribution in [2.45, 2.75) is 18.9 Å². The van der Waals surface area contributed by atoms with E-state index in [1.54, 1.807) is 6.20 Å². The zero-order valence-electron chi connectivity index (χ0n) is 7.39. The molecule has 0 saturated heterocycles. The van der Waals surface area contributed by atoms with Crippen LogP contribution in [0.15, 0.2) is 24.4 Å². The highest BCUT2D eigenvalue weighted by atomic mass is 35.5. The molecule has 1 heterocycles. The molecule has 3 nitrogen and oxygen atoms in total. The Hall–Kier alpha value is -0.640. The molecular formula is C9H15ClN2O. The van der Waals surface area contributed by atoms with Crippen LogP contribution in [-0.2, 0) is 6.42 Å². The lowest BCUT2D eigenvalue weighted by Crippen LogP contribution is -2.24. The SMILES string of the molecule is Cl.N[C@@H](CCO)Cc1ccccn1. The van der Waals surface area contributed by atoms with Gasteiger partial charge in [0.25, 0.3) is 0 Å². The van der Waals surface area contributed by atoms with Crippen molar-refractivity contribution in [3.05, 3.63) is 30.1 Å². The third kappa shape index (κ3) is 4.83. The highest BCUT2D eigenvalue weighted by molar-refractivity contribution is 5.85. The molecule has 0 fully saturated rings. The first-order valence-corrected chi connectivity index (χ1v) is 4.09. The lowest BCUT2D eigenvalue weighted by atomic mass is 10.1. The Morgan fingerprint density at radius 3 is 2.77 bits per heavy atom. The van der Waals surface area contributed by atoms with E-state index in [0.717, 1.165) is 12.1 Å². The van der Waals surface area contributed by atoms with Gasteiger partial charge in [0.2, 0.25) is 0 Å². The topological polar surface area (TPSA) is 59.1 Å². The molecule has 0 aromatic carbocycles. The van der Waals surface area contributed by atoms with Crippen LogP contribution in [0.2, 0.25) is 0 Å². The van der Waals surface area contributed by atoms with Gasteiger partial charge < -0.3 is 10.8 Å². The van der Waals surface area contributed by atoms with E-state index < -0.39 is 0 Å². The molecule has 1 atom stereocenters. The molecule has 0 amide bonds. The minimum Gasteiger partial charge on any atom is -0.396 e. The summed E-state index contributed by atoms with van der Waals surface area (Å²) in [6.45, 7) is 0.147. The summed E-state index contributed by atoms with van der Waals surface area (Å²) in [6, 6.07) is 5.77. The largest absolute Gasteiger partial charge is 0.396 e. The smallest absolute Gasteiger partial charge is 0.0445 e. The van der Waals surface area contributed by atoms with Crippen LogP contribution in [0.25, 0.3) is 0 Å². The average Bonchev–Trinajstić information content (AvgIpc) is 2.06. The van der Waals surface area contributed by atoms with Gasteiger partial charge in [0, 0.05) is 31.0 Å². The maximum Gasteiger partial charge on any atom is 0.0445 e. The second-order valence-electron chi connectivity index (χ2n) is 2.80. The summed E-state index contributed by atoms with van der Waals surface area (Å²) in [5.74, 6) is 0. The van der Waals surface area contributed by atoms with E-state index in [1.165, 1.54) is 0 Å². The molecule has 1 rings (SSSR count). The van der Waals surface area contributed by atoms with E-state index in [0.29, 0.717) is 6.42 Å². The van der Waals surface area contributed by atoms with Crippen molar-refractivity contribution in [2.75, 3.05) is 6.61 Å². The summed E-state index contributed by atoms with van der Waals surface area (Å²) in [6.07, 6.45) is 3.12. The number of aliphatic hydroxyl groups is 1. The van der Waals surface area contributed by atoms with Gasteiger partial charge in [-0.05, 0) is 18.6 Å². The van der Waals surface area contributed by atoms with Gasteiger partial charge in [0.05, 0.1) is 0 Å². The van der Waals surface area contributed by atoms with E-state index in [9.17, 15) is 0 Å². The number of aromatic nitrogens is 1. The summed E-state index contributed by atoms with van der Waals surface area (Å²) in [4.78, 5) is 4.14. The number of hydrogen-bond donors (Lipinski definition) is 2. The molecule has 1 aromatic heterocycles. The number of rotatable bonds is 4. The van der Waals surface area contributed by atoms with Gasteiger partial charge in [-0.2, -0.15) is 0 Å². The third-order valence-electron chi connectivity index (χ3n) is 1.70. The molecule has 1 aromatic rings. The van der Waals surface area contributed by atoms with Gasteiger partial charge in [-0.15, -0.1) is 12.4 Å². The number of nitrogens with zero attached hydrogens (tertiary/aromatic N) is 1. The van der Waals surface area contributed by atoms with E-state index in [2.05, 4.69) is 4.98 Å². The van der Waals surface area contributed by atoms with Crippen molar-refractivity contribution in [1.82, 2.24) is 4.98 Å². The molecule has 0 spiro atoms. The summed E-state index contributed by atoms with van der Waals surface area (Å²) >= 11 is 0. The quantitative estimate of drug-likeness (QED) is 0.758. The Kier molecular flexibility index (Phi) is 6.49. The Labute approximate surface area is 84.4 Å². The molecule has 74 valence electrons.